The van der Waals surface area contributed by atoms with E-state index in [1.165, 1.54) is 4.31 Å². The Morgan fingerprint density at radius 3 is 2.24 bits per heavy atom. The molecule has 1 aliphatic rings. The molecule has 0 aromatic heterocycles. The van der Waals surface area contributed by atoms with Gasteiger partial charge < -0.3 is 10.1 Å². The Morgan fingerprint density at radius 1 is 1.10 bits per heavy atom. The highest BCUT2D eigenvalue weighted by Gasteiger charge is 2.31. The van der Waals surface area contributed by atoms with Gasteiger partial charge in [-0.25, -0.2) is 8.42 Å². The summed E-state index contributed by atoms with van der Waals surface area (Å²) in [6, 6.07) is 3.82. The molecule has 7 nitrogen and oxygen atoms in total. The molecule has 1 aromatic rings. The lowest BCUT2D eigenvalue weighted by molar-refractivity contribution is -0.122. The van der Waals surface area contributed by atoms with Crippen molar-refractivity contribution in [3.05, 3.63) is 28.8 Å². The van der Waals surface area contributed by atoms with Gasteiger partial charge in [0, 0.05) is 39.3 Å². The fourth-order valence-corrected chi connectivity index (χ4v) is 5.54. The number of carbonyl (C=O) groups excluding carboxylic acids is 1. The smallest absolute Gasteiger partial charge is 0.243 e. The van der Waals surface area contributed by atoms with E-state index in [0.29, 0.717) is 50.8 Å². The monoisotopic (exact) mass is 425 g/mol. The summed E-state index contributed by atoms with van der Waals surface area (Å²) in [6.45, 7) is 13.0. The van der Waals surface area contributed by atoms with Gasteiger partial charge in [-0.3, -0.25) is 9.69 Å². The van der Waals surface area contributed by atoms with Crippen LogP contribution in [0.2, 0.25) is 0 Å². The number of ether oxygens (including phenoxy) is 1. The van der Waals surface area contributed by atoms with Gasteiger partial charge in [-0.2, -0.15) is 4.31 Å². The maximum Gasteiger partial charge on any atom is 0.243 e. The van der Waals surface area contributed by atoms with Crippen LogP contribution in [0, 0.1) is 20.8 Å². The van der Waals surface area contributed by atoms with Crippen molar-refractivity contribution in [2.24, 2.45) is 0 Å². The normalized spacial score (nSPS) is 16.3. The molecule has 0 unspecified atom stereocenters. The fraction of sp³-hybridized carbons (Fsp3) is 0.667. The zero-order chi connectivity index (χ0) is 21.6. The Balaban J connectivity index is 1.83. The van der Waals surface area contributed by atoms with Gasteiger partial charge in [0.15, 0.2) is 0 Å². The van der Waals surface area contributed by atoms with E-state index in [9.17, 15) is 13.2 Å². The number of sulfonamides is 1. The Kier molecular flexibility index (Phi) is 8.63. The predicted octanol–water partition coefficient (Wildman–Crippen LogP) is 1.85. The van der Waals surface area contributed by atoms with Crippen LogP contribution in [-0.2, 0) is 19.6 Å². The summed E-state index contributed by atoms with van der Waals surface area (Å²) in [5, 5.41) is 2.90. The third-order valence-corrected chi connectivity index (χ3v) is 7.20. The molecule has 0 aliphatic carbocycles. The molecular weight excluding hydrogens is 390 g/mol. The first-order valence-corrected chi connectivity index (χ1v) is 11.7. The number of piperazine rings is 1. The summed E-state index contributed by atoms with van der Waals surface area (Å²) < 4.78 is 33.3. The number of benzene rings is 1. The zero-order valence-electron chi connectivity index (χ0n) is 18.3. The molecule has 0 atom stereocenters. The zero-order valence-corrected chi connectivity index (χ0v) is 19.1. The first-order chi connectivity index (χ1) is 13.6. The van der Waals surface area contributed by atoms with Gasteiger partial charge in [-0.15, -0.1) is 0 Å². The van der Waals surface area contributed by atoms with Gasteiger partial charge in [-0.05, 0) is 52.2 Å². The molecule has 1 N–H and O–H groups in total. The summed E-state index contributed by atoms with van der Waals surface area (Å²) in [7, 11) is -3.53. The summed E-state index contributed by atoms with van der Waals surface area (Å²) in [5.41, 5.74) is 2.63. The average Bonchev–Trinajstić information content (AvgIpc) is 2.60. The molecule has 1 saturated heterocycles. The highest BCUT2D eigenvalue weighted by atomic mass is 32.2. The minimum absolute atomic E-state index is 0.0314. The molecule has 0 radical (unpaired) electrons. The van der Waals surface area contributed by atoms with Crippen LogP contribution in [0.3, 0.4) is 0 Å². The standard InChI is InChI=1S/C21H35N3O4S/c1-16(2)28-12-6-7-22-20(25)15-23-8-10-24(11-9-23)29(26,27)21-18(4)13-17(3)14-19(21)5/h13-14,16H,6-12,15H2,1-5H3,(H,22,25). The molecule has 1 heterocycles. The number of nitrogens with zero attached hydrogens (tertiary/aromatic N) is 2. The second-order valence-electron chi connectivity index (χ2n) is 8.03. The van der Waals surface area contributed by atoms with Crippen LogP contribution < -0.4 is 5.32 Å². The van der Waals surface area contributed by atoms with Crippen LogP contribution in [0.4, 0.5) is 0 Å². The van der Waals surface area contributed by atoms with Crippen LogP contribution in [0.1, 0.15) is 37.0 Å². The highest BCUT2D eigenvalue weighted by molar-refractivity contribution is 7.89. The molecule has 0 saturated carbocycles. The molecule has 29 heavy (non-hydrogen) atoms. The Labute approximate surface area is 175 Å². The number of amides is 1. The topological polar surface area (TPSA) is 79.0 Å². The lowest BCUT2D eigenvalue weighted by Gasteiger charge is -2.34. The van der Waals surface area contributed by atoms with Crippen LogP contribution in [-0.4, -0.2) is 75.5 Å². The van der Waals surface area contributed by atoms with Crippen molar-refractivity contribution in [1.82, 2.24) is 14.5 Å². The van der Waals surface area contributed by atoms with Crippen molar-refractivity contribution >= 4 is 15.9 Å². The van der Waals surface area contributed by atoms with Crippen molar-refractivity contribution < 1.29 is 17.9 Å². The van der Waals surface area contributed by atoms with Gasteiger partial charge >= 0.3 is 0 Å². The quantitative estimate of drug-likeness (QED) is 0.611. The van der Waals surface area contributed by atoms with E-state index in [4.69, 9.17) is 4.74 Å². The van der Waals surface area contributed by atoms with Crippen molar-refractivity contribution in [2.45, 2.75) is 52.0 Å². The van der Waals surface area contributed by atoms with Gasteiger partial charge in [0.2, 0.25) is 15.9 Å². The number of hydrogen-bond donors (Lipinski definition) is 1. The summed E-state index contributed by atoms with van der Waals surface area (Å²) >= 11 is 0. The molecule has 1 amide bonds. The van der Waals surface area contributed by atoms with Crippen LogP contribution in [0.5, 0.6) is 0 Å². The van der Waals surface area contributed by atoms with Crippen LogP contribution in [0.25, 0.3) is 0 Å². The third kappa shape index (κ3) is 6.77. The molecule has 0 bridgehead atoms. The van der Waals surface area contributed by atoms with Crippen molar-refractivity contribution in [3.63, 3.8) is 0 Å². The lowest BCUT2D eigenvalue weighted by atomic mass is 10.1. The molecule has 1 aromatic carbocycles. The maximum atomic E-state index is 13.1. The van der Waals surface area contributed by atoms with E-state index < -0.39 is 10.0 Å². The first-order valence-electron chi connectivity index (χ1n) is 10.3. The van der Waals surface area contributed by atoms with Gasteiger partial charge in [0.05, 0.1) is 17.5 Å². The first kappa shape index (κ1) is 23.8. The van der Waals surface area contributed by atoms with Crippen molar-refractivity contribution in [2.75, 3.05) is 45.9 Å². The molecule has 1 aliphatic heterocycles. The maximum absolute atomic E-state index is 13.1. The average molecular weight is 426 g/mol. The fourth-order valence-electron chi connectivity index (χ4n) is 3.71. The SMILES string of the molecule is Cc1cc(C)c(S(=O)(=O)N2CCN(CC(=O)NCCCOC(C)C)CC2)c(C)c1. The molecule has 0 spiro atoms. The number of rotatable bonds is 9. The molecular formula is C21H35N3O4S. The second-order valence-corrected chi connectivity index (χ2v) is 9.91. The van der Waals surface area contributed by atoms with Crippen LogP contribution >= 0.6 is 0 Å². The van der Waals surface area contributed by atoms with Crippen molar-refractivity contribution in [3.8, 4) is 0 Å². The predicted molar refractivity (Wildman–Crippen MR) is 115 cm³/mol. The number of hydrogen-bond acceptors (Lipinski definition) is 5. The van der Waals surface area contributed by atoms with Crippen molar-refractivity contribution in [1.29, 1.82) is 0 Å². The van der Waals surface area contributed by atoms with E-state index in [-0.39, 0.29) is 12.0 Å². The van der Waals surface area contributed by atoms with E-state index in [1.807, 2.05) is 51.7 Å². The second kappa shape index (κ2) is 10.5. The minimum atomic E-state index is -3.53. The summed E-state index contributed by atoms with van der Waals surface area (Å²) in [5.74, 6) is -0.0314. The third-order valence-electron chi connectivity index (χ3n) is 5.00. The number of nitrogens with one attached hydrogen (secondary N) is 1. The summed E-state index contributed by atoms with van der Waals surface area (Å²) in [4.78, 5) is 14.5. The Hall–Kier alpha value is -1.48. The number of aryl methyl sites for hydroxylation is 3. The largest absolute Gasteiger partial charge is 0.379 e. The van der Waals surface area contributed by atoms with Gasteiger partial charge in [0.1, 0.15) is 0 Å². The van der Waals surface area contributed by atoms with E-state index >= 15 is 0 Å². The molecule has 8 heteroatoms. The number of carbonyl (C=O) groups is 1. The minimum Gasteiger partial charge on any atom is -0.379 e. The highest BCUT2D eigenvalue weighted by Crippen LogP contribution is 2.26. The Morgan fingerprint density at radius 2 is 1.69 bits per heavy atom. The molecule has 164 valence electrons. The molecule has 2 rings (SSSR count). The van der Waals surface area contributed by atoms with E-state index in [1.54, 1.807) is 0 Å². The van der Waals surface area contributed by atoms with E-state index in [0.717, 1.165) is 23.1 Å². The Bertz CT molecular complexity index is 777. The lowest BCUT2D eigenvalue weighted by Crippen LogP contribution is -2.51. The molecule has 1 fully saturated rings. The van der Waals surface area contributed by atoms with Gasteiger partial charge in [0.25, 0.3) is 0 Å². The summed E-state index contributed by atoms with van der Waals surface area (Å²) in [6.07, 6.45) is 0.983. The van der Waals surface area contributed by atoms with Crippen LogP contribution in [0.15, 0.2) is 17.0 Å². The van der Waals surface area contributed by atoms with Gasteiger partial charge in [-0.1, -0.05) is 17.7 Å². The van der Waals surface area contributed by atoms with E-state index in [2.05, 4.69) is 5.32 Å².